The Labute approximate surface area is 389 Å². The minimum atomic E-state index is -0.430. The third-order valence-corrected chi connectivity index (χ3v) is 13.0. The van der Waals surface area contributed by atoms with Crippen LogP contribution in [0, 0.1) is 0 Å². The molecule has 1 aliphatic rings. The Hall–Kier alpha value is -2.00. The molecule has 0 aliphatic carbocycles. The quantitative estimate of drug-likeness (QED) is 0.0336. The van der Waals surface area contributed by atoms with Crippen molar-refractivity contribution in [3.63, 3.8) is 0 Å². The van der Waals surface area contributed by atoms with Crippen molar-refractivity contribution < 1.29 is 33.4 Å². The fourth-order valence-electron chi connectivity index (χ4n) is 8.89. The normalized spacial score (nSPS) is 15.6. The van der Waals surface area contributed by atoms with E-state index in [9.17, 15) is 19.2 Å². The predicted octanol–water partition coefficient (Wildman–Crippen LogP) is 14.1. The maximum Gasteiger partial charge on any atom is 0.323 e. The minimum absolute atomic E-state index is 0.0438. The van der Waals surface area contributed by atoms with Gasteiger partial charge in [0, 0.05) is 38.8 Å². The number of unbranched alkanes of at least 4 members (excludes halogenated alkanes) is 25. The van der Waals surface area contributed by atoms with Crippen LogP contribution in [0.25, 0.3) is 0 Å². The molecule has 0 aromatic rings. The Morgan fingerprint density at radius 3 is 1.52 bits per heavy atom. The van der Waals surface area contributed by atoms with Crippen LogP contribution in [-0.4, -0.2) is 92.1 Å². The van der Waals surface area contributed by atoms with Crippen molar-refractivity contribution in [1.29, 1.82) is 0 Å². The van der Waals surface area contributed by atoms with Crippen molar-refractivity contribution in [2.75, 3.05) is 40.3 Å². The van der Waals surface area contributed by atoms with Gasteiger partial charge in [-0.2, -0.15) is 0 Å². The number of likely N-dealkylation sites (tertiary alicyclic amines) is 1. The molecular formula is C54H102N2O7. The first kappa shape index (κ1) is 59.0. The van der Waals surface area contributed by atoms with Crippen molar-refractivity contribution in [3.8, 4) is 0 Å². The molecule has 370 valence electrons. The van der Waals surface area contributed by atoms with Gasteiger partial charge in [0.25, 0.3) is 0 Å². The van der Waals surface area contributed by atoms with Gasteiger partial charge in [0.1, 0.15) is 24.0 Å². The first-order valence-electron chi connectivity index (χ1n) is 27.2. The second-order valence-electron chi connectivity index (χ2n) is 19.4. The van der Waals surface area contributed by atoms with Gasteiger partial charge in [0.2, 0.25) is 0 Å². The van der Waals surface area contributed by atoms with E-state index >= 15 is 0 Å². The van der Waals surface area contributed by atoms with Crippen LogP contribution in [0.15, 0.2) is 0 Å². The molecule has 0 unspecified atom stereocenters. The number of carbonyl (C=O) groups is 4. The number of piperidine rings is 1. The van der Waals surface area contributed by atoms with E-state index in [2.05, 4.69) is 25.7 Å². The molecule has 1 heterocycles. The molecule has 0 aromatic heterocycles. The Kier molecular flexibility index (Phi) is 39.9. The average Bonchev–Trinajstić information content (AvgIpc) is 3.26. The lowest BCUT2D eigenvalue weighted by Gasteiger charge is -2.37. The minimum Gasteiger partial charge on any atom is -0.465 e. The summed E-state index contributed by atoms with van der Waals surface area (Å²) in [6.07, 6.45) is 40.3. The highest BCUT2D eigenvalue weighted by Crippen LogP contribution is 2.24. The Morgan fingerprint density at radius 2 is 1.00 bits per heavy atom. The lowest BCUT2D eigenvalue weighted by Crippen LogP contribution is -2.50. The summed E-state index contributed by atoms with van der Waals surface area (Å²) < 4.78 is 17.7. The van der Waals surface area contributed by atoms with Gasteiger partial charge < -0.3 is 19.1 Å². The third-order valence-electron chi connectivity index (χ3n) is 13.0. The fourth-order valence-corrected chi connectivity index (χ4v) is 8.89. The van der Waals surface area contributed by atoms with Gasteiger partial charge in [0.15, 0.2) is 0 Å². The molecule has 9 heteroatoms. The Bertz CT molecular complexity index is 1080. The number of esters is 3. The predicted molar refractivity (Wildman–Crippen MR) is 262 cm³/mol. The number of ketones is 1. The number of Topliss-reactive ketones (excluding diaryl/α,β-unsaturated/α-hetero) is 1. The highest BCUT2D eigenvalue weighted by Gasteiger charge is 2.36. The van der Waals surface area contributed by atoms with Gasteiger partial charge >= 0.3 is 17.9 Å². The van der Waals surface area contributed by atoms with Crippen molar-refractivity contribution in [1.82, 2.24) is 9.80 Å². The van der Waals surface area contributed by atoms with Crippen LogP contribution in [0.3, 0.4) is 0 Å². The van der Waals surface area contributed by atoms with Crippen LogP contribution in [0.4, 0.5) is 0 Å². The first-order chi connectivity index (χ1) is 30.7. The Balaban J connectivity index is 2.42. The lowest BCUT2D eigenvalue weighted by atomic mass is 9.98. The summed E-state index contributed by atoms with van der Waals surface area (Å²) in [7, 11) is 3.88. The van der Waals surface area contributed by atoms with E-state index in [1.807, 2.05) is 19.0 Å². The van der Waals surface area contributed by atoms with E-state index in [4.69, 9.17) is 14.2 Å². The molecule has 1 aliphatic heterocycles. The van der Waals surface area contributed by atoms with Crippen LogP contribution >= 0.6 is 0 Å². The molecule has 0 amide bonds. The molecule has 0 radical (unpaired) electrons. The first-order valence-corrected chi connectivity index (χ1v) is 27.2. The molecule has 0 saturated carbocycles. The third kappa shape index (κ3) is 35.9. The van der Waals surface area contributed by atoms with E-state index in [0.29, 0.717) is 64.0 Å². The van der Waals surface area contributed by atoms with Gasteiger partial charge in [-0.3, -0.25) is 24.1 Å². The largest absolute Gasteiger partial charge is 0.465 e. The zero-order valence-electron chi connectivity index (χ0n) is 42.2. The van der Waals surface area contributed by atoms with Gasteiger partial charge in [0.05, 0.1) is 13.0 Å². The molecule has 2 atom stereocenters. The molecule has 1 saturated heterocycles. The number of ether oxygens (including phenoxy) is 3. The van der Waals surface area contributed by atoms with Gasteiger partial charge in [-0.1, -0.05) is 168 Å². The number of hydrogen-bond acceptors (Lipinski definition) is 9. The lowest BCUT2D eigenvalue weighted by molar-refractivity contribution is -0.161. The molecule has 0 spiro atoms. The second kappa shape index (κ2) is 42.6. The summed E-state index contributed by atoms with van der Waals surface area (Å²) in [5.74, 6) is -0.101. The summed E-state index contributed by atoms with van der Waals surface area (Å²) >= 11 is 0. The van der Waals surface area contributed by atoms with E-state index in [-0.39, 0.29) is 30.1 Å². The maximum absolute atomic E-state index is 13.5. The molecular weight excluding hydrogens is 789 g/mol. The van der Waals surface area contributed by atoms with Crippen molar-refractivity contribution >= 4 is 23.7 Å². The van der Waals surface area contributed by atoms with Gasteiger partial charge in [-0.15, -0.1) is 0 Å². The highest BCUT2D eigenvalue weighted by atomic mass is 16.6. The molecule has 9 nitrogen and oxygen atoms in total. The number of nitrogens with zero attached hydrogens (tertiary/aromatic N) is 2. The maximum atomic E-state index is 13.5. The van der Waals surface area contributed by atoms with Crippen molar-refractivity contribution in [3.05, 3.63) is 0 Å². The number of carbonyl (C=O) groups excluding carboxylic acids is 4. The fraction of sp³-hybridized carbons (Fsp3) is 0.926. The molecule has 1 fully saturated rings. The van der Waals surface area contributed by atoms with Gasteiger partial charge in [-0.25, -0.2) is 0 Å². The second-order valence-corrected chi connectivity index (χ2v) is 19.4. The zero-order chi connectivity index (χ0) is 46.0. The summed E-state index contributed by atoms with van der Waals surface area (Å²) in [6, 6.07) is -0.430. The number of rotatable bonds is 45. The molecule has 0 bridgehead atoms. The number of hydrogen-bond donors (Lipinski definition) is 0. The van der Waals surface area contributed by atoms with E-state index < -0.39 is 6.04 Å². The van der Waals surface area contributed by atoms with Crippen LogP contribution in [0.5, 0.6) is 0 Å². The molecule has 63 heavy (non-hydrogen) atoms. The highest BCUT2D eigenvalue weighted by molar-refractivity contribution is 5.78. The topological polar surface area (TPSA) is 102 Å². The summed E-state index contributed by atoms with van der Waals surface area (Å²) in [5.41, 5.74) is 0. The van der Waals surface area contributed by atoms with E-state index in [1.54, 1.807) is 0 Å². The molecule has 0 N–H and O–H groups in total. The van der Waals surface area contributed by atoms with Crippen LogP contribution < -0.4 is 0 Å². The molecule has 1 rings (SSSR count). The SMILES string of the molecule is CCCCCCCCCCCCC(=O)CCCCCN1CC[C@H](OC(=O)CCN(C)C)C[C@H]1C(=O)OCCCCCCCC(=O)OC(CCCCCCCC)CCCCCCCC. The van der Waals surface area contributed by atoms with Crippen LogP contribution in [0.1, 0.15) is 265 Å². The van der Waals surface area contributed by atoms with Crippen LogP contribution in [-0.2, 0) is 33.4 Å². The van der Waals surface area contributed by atoms with Crippen molar-refractivity contribution in [2.45, 2.75) is 283 Å². The van der Waals surface area contributed by atoms with E-state index in [0.717, 1.165) is 96.4 Å². The van der Waals surface area contributed by atoms with Gasteiger partial charge in [-0.05, 0) is 84.8 Å². The summed E-state index contributed by atoms with van der Waals surface area (Å²) in [4.78, 5) is 55.6. The zero-order valence-corrected chi connectivity index (χ0v) is 42.2. The summed E-state index contributed by atoms with van der Waals surface area (Å²) in [6.45, 7) is 9.22. The van der Waals surface area contributed by atoms with Crippen molar-refractivity contribution in [2.24, 2.45) is 0 Å². The standard InChI is InChI=1S/C54H102N2O7/c1-6-9-12-15-18-19-20-21-23-29-36-48(57)37-30-28-34-43-56-45-41-50(63-53(59)42-44-55(4)5)47-51(56)54(60)61-46-35-27-22-26-33-40-52(58)62-49(38-31-24-16-13-10-7-2)39-32-25-17-14-11-8-3/h49-51H,6-47H2,1-5H3/t50-,51-/m0/s1. The average molecular weight is 891 g/mol. The Morgan fingerprint density at radius 1 is 0.540 bits per heavy atom. The van der Waals surface area contributed by atoms with E-state index in [1.165, 1.54) is 116 Å². The van der Waals surface area contributed by atoms with Crippen LogP contribution in [0.2, 0.25) is 0 Å². The molecule has 0 aromatic carbocycles. The monoisotopic (exact) mass is 891 g/mol. The smallest absolute Gasteiger partial charge is 0.323 e. The summed E-state index contributed by atoms with van der Waals surface area (Å²) in [5, 5.41) is 0.